The van der Waals surface area contributed by atoms with Crippen molar-refractivity contribution in [1.82, 2.24) is 0 Å². The molecular weight excluding hydrogens is 220 g/mol. The van der Waals surface area contributed by atoms with Gasteiger partial charge in [-0.25, -0.2) is 0 Å². The number of halogens is 1. The van der Waals surface area contributed by atoms with E-state index in [1.165, 1.54) is 0 Å². The fourth-order valence-corrected chi connectivity index (χ4v) is 1.92. The first-order valence-electron chi connectivity index (χ1n) is 5.27. The summed E-state index contributed by atoms with van der Waals surface area (Å²) in [4.78, 5) is 0. The quantitative estimate of drug-likeness (QED) is 0.853. The van der Waals surface area contributed by atoms with Crippen LogP contribution in [0.2, 0.25) is 5.02 Å². The van der Waals surface area contributed by atoms with Gasteiger partial charge < -0.3 is 5.11 Å². The van der Waals surface area contributed by atoms with E-state index in [1.54, 1.807) is 6.07 Å². The number of benzene rings is 2. The number of para-hydroxylation sites is 1. The molecule has 16 heavy (non-hydrogen) atoms. The van der Waals surface area contributed by atoms with E-state index in [1.807, 2.05) is 42.5 Å². The Morgan fingerprint density at radius 2 is 1.38 bits per heavy atom. The summed E-state index contributed by atoms with van der Waals surface area (Å²) in [6.07, 6.45) is 1.65. The topological polar surface area (TPSA) is 20.2 Å². The molecule has 0 atom stereocenters. The van der Waals surface area contributed by atoms with Crippen LogP contribution in [0.5, 0.6) is 5.75 Å². The van der Waals surface area contributed by atoms with Gasteiger partial charge in [-0.3, -0.25) is 0 Å². The Morgan fingerprint density at radius 1 is 0.812 bits per heavy atom. The third-order valence-corrected chi connectivity index (χ3v) is 2.98. The number of phenolic OH excluding ortho intramolecular Hbond substituents is 1. The average molecular weight is 233 g/mol. The maximum atomic E-state index is 9.62. The molecule has 0 radical (unpaired) electrons. The SMILES string of the molecule is Oc1ccccc1CCc1ccccc1Cl. The molecule has 0 aliphatic heterocycles. The molecule has 2 aromatic carbocycles. The predicted molar refractivity (Wildman–Crippen MR) is 67.0 cm³/mol. The second-order valence-electron chi connectivity index (χ2n) is 3.72. The summed E-state index contributed by atoms with van der Waals surface area (Å²) in [6, 6.07) is 15.2. The summed E-state index contributed by atoms with van der Waals surface area (Å²) in [6.45, 7) is 0. The molecule has 82 valence electrons. The molecule has 0 bridgehead atoms. The van der Waals surface area contributed by atoms with Gasteiger partial charge in [-0.2, -0.15) is 0 Å². The lowest BCUT2D eigenvalue weighted by Crippen LogP contribution is -1.92. The molecule has 0 heterocycles. The van der Waals surface area contributed by atoms with Gasteiger partial charge in [0, 0.05) is 5.02 Å². The van der Waals surface area contributed by atoms with Crippen molar-refractivity contribution < 1.29 is 5.11 Å². The highest BCUT2D eigenvalue weighted by Gasteiger charge is 2.02. The van der Waals surface area contributed by atoms with Gasteiger partial charge in [-0.05, 0) is 36.1 Å². The Hall–Kier alpha value is -1.47. The van der Waals surface area contributed by atoms with Crippen molar-refractivity contribution >= 4 is 11.6 Å². The number of aryl methyl sites for hydroxylation is 2. The maximum Gasteiger partial charge on any atom is 0.118 e. The van der Waals surface area contributed by atoms with Gasteiger partial charge in [0.05, 0.1) is 0 Å². The van der Waals surface area contributed by atoms with E-state index in [0.29, 0.717) is 5.75 Å². The van der Waals surface area contributed by atoms with Crippen LogP contribution in [0.3, 0.4) is 0 Å². The standard InChI is InChI=1S/C14H13ClO/c15-13-7-3-1-5-11(13)9-10-12-6-2-4-8-14(12)16/h1-8,16H,9-10H2. The molecular formula is C14H13ClO. The largest absolute Gasteiger partial charge is 0.508 e. The first kappa shape index (κ1) is 11.0. The van der Waals surface area contributed by atoms with E-state index < -0.39 is 0 Å². The molecule has 2 heteroatoms. The fourth-order valence-electron chi connectivity index (χ4n) is 1.69. The first-order valence-corrected chi connectivity index (χ1v) is 5.65. The normalized spacial score (nSPS) is 10.3. The number of rotatable bonds is 3. The van der Waals surface area contributed by atoms with Gasteiger partial charge in [-0.15, -0.1) is 0 Å². The third kappa shape index (κ3) is 2.56. The summed E-state index contributed by atoms with van der Waals surface area (Å²) in [5, 5.41) is 10.4. The zero-order valence-electron chi connectivity index (χ0n) is 8.86. The van der Waals surface area contributed by atoms with Crippen molar-refractivity contribution in [3.05, 3.63) is 64.7 Å². The van der Waals surface area contributed by atoms with Crippen molar-refractivity contribution in [3.8, 4) is 5.75 Å². The highest BCUT2D eigenvalue weighted by molar-refractivity contribution is 6.31. The Bertz CT molecular complexity index is 434. The van der Waals surface area contributed by atoms with Crippen molar-refractivity contribution in [1.29, 1.82) is 0 Å². The number of hydrogen-bond acceptors (Lipinski definition) is 1. The molecule has 0 aliphatic carbocycles. The molecule has 0 saturated carbocycles. The average Bonchev–Trinajstić information content (AvgIpc) is 2.30. The third-order valence-electron chi connectivity index (χ3n) is 2.61. The number of hydrogen-bond donors (Lipinski definition) is 1. The van der Waals surface area contributed by atoms with E-state index in [0.717, 1.165) is 29.0 Å². The fraction of sp³-hybridized carbons (Fsp3) is 0.143. The molecule has 2 aromatic rings. The zero-order chi connectivity index (χ0) is 11.4. The summed E-state index contributed by atoms with van der Waals surface area (Å²) in [7, 11) is 0. The zero-order valence-corrected chi connectivity index (χ0v) is 9.61. The van der Waals surface area contributed by atoms with Crippen molar-refractivity contribution in [2.24, 2.45) is 0 Å². The molecule has 1 N–H and O–H groups in total. The van der Waals surface area contributed by atoms with Gasteiger partial charge in [0.25, 0.3) is 0 Å². The number of aromatic hydroxyl groups is 1. The van der Waals surface area contributed by atoms with Crippen LogP contribution >= 0.6 is 11.6 Å². The van der Waals surface area contributed by atoms with Gasteiger partial charge in [0.2, 0.25) is 0 Å². The summed E-state index contributed by atoms with van der Waals surface area (Å²) < 4.78 is 0. The van der Waals surface area contributed by atoms with Gasteiger partial charge in [0.15, 0.2) is 0 Å². The maximum absolute atomic E-state index is 9.62. The van der Waals surface area contributed by atoms with E-state index in [-0.39, 0.29) is 0 Å². The van der Waals surface area contributed by atoms with Crippen molar-refractivity contribution in [2.45, 2.75) is 12.8 Å². The summed E-state index contributed by atoms with van der Waals surface area (Å²) in [5.74, 6) is 0.356. The minimum Gasteiger partial charge on any atom is -0.508 e. The van der Waals surface area contributed by atoms with Gasteiger partial charge in [-0.1, -0.05) is 48.0 Å². The minimum atomic E-state index is 0.356. The van der Waals surface area contributed by atoms with Crippen LogP contribution in [-0.2, 0) is 12.8 Å². The van der Waals surface area contributed by atoms with Crippen molar-refractivity contribution in [2.75, 3.05) is 0 Å². The molecule has 0 aliphatic rings. The molecule has 0 aromatic heterocycles. The summed E-state index contributed by atoms with van der Waals surface area (Å²) >= 11 is 6.07. The molecule has 0 saturated heterocycles. The van der Waals surface area contributed by atoms with Crippen LogP contribution in [0.25, 0.3) is 0 Å². The van der Waals surface area contributed by atoms with Crippen molar-refractivity contribution in [3.63, 3.8) is 0 Å². The summed E-state index contributed by atoms with van der Waals surface area (Å²) in [5.41, 5.74) is 2.08. The van der Waals surface area contributed by atoms with Crippen LogP contribution in [0.15, 0.2) is 48.5 Å². The van der Waals surface area contributed by atoms with Crippen LogP contribution in [-0.4, -0.2) is 5.11 Å². The Morgan fingerprint density at radius 3 is 2.06 bits per heavy atom. The Labute approximate surface area is 100 Å². The monoisotopic (exact) mass is 232 g/mol. The van der Waals surface area contributed by atoms with E-state index in [4.69, 9.17) is 11.6 Å². The highest BCUT2D eigenvalue weighted by atomic mass is 35.5. The van der Waals surface area contributed by atoms with E-state index in [9.17, 15) is 5.11 Å². The predicted octanol–water partition coefficient (Wildman–Crippen LogP) is 3.83. The van der Waals surface area contributed by atoms with Gasteiger partial charge >= 0.3 is 0 Å². The van der Waals surface area contributed by atoms with Crippen LogP contribution in [0.4, 0.5) is 0 Å². The molecule has 0 fully saturated rings. The smallest absolute Gasteiger partial charge is 0.118 e. The minimum absolute atomic E-state index is 0.356. The molecule has 0 amide bonds. The molecule has 1 nitrogen and oxygen atoms in total. The second kappa shape index (κ2) is 5.04. The first-order chi connectivity index (χ1) is 7.77. The van der Waals surface area contributed by atoms with E-state index >= 15 is 0 Å². The Balaban J connectivity index is 2.09. The van der Waals surface area contributed by atoms with Crippen LogP contribution < -0.4 is 0 Å². The lowest BCUT2D eigenvalue weighted by atomic mass is 10.0. The molecule has 2 rings (SSSR count). The van der Waals surface area contributed by atoms with Crippen LogP contribution in [0.1, 0.15) is 11.1 Å². The second-order valence-corrected chi connectivity index (χ2v) is 4.13. The molecule has 0 unspecified atom stereocenters. The van der Waals surface area contributed by atoms with Crippen LogP contribution in [0, 0.1) is 0 Å². The molecule has 0 spiro atoms. The van der Waals surface area contributed by atoms with Gasteiger partial charge in [0.1, 0.15) is 5.75 Å². The lowest BCUT2D eigenvalue weighted by Gasteiger charge is -2.05. The highest BCUT2D eigenvalue weighted by Crippen LogP contribution is 2.21. The number of phenols is 1. The lowest BCUT2D eigenvalue weighted by molar-refractivity contribution is 0.468. The Kier molecular flexibility index (Phi) is 3.47. The van der Waals surface area contributed by atoms with E-state index in [2.05, 4.69) is 0 Å².